The van der Waals surface area contributed by atoms with Gasteiger partial charge in [-0.15, -0.1) is 0 Å². The number of carbonyl (C=O) groups excluding carboxylic acids is 1. The molecule has 2 N–H and O–H groups in total. The predicted octanol–water partition coefficient (Wildman–Crippen LogP) is 3.74. The van der Waals surface area contributed by atoms with Crippen molar-refractivity contribution in [3.05, 3.63) is 82.7 Å². The molecule has 1 heterocycles. The fourth-order valence-electron chi connectivity index (χ4n) is 3.12. The lowest BCUT2D eigenvalue weighted by molar-refractivity contribution is -0.137. The number of aliphatic hydroxyl groups is 1. The van der Waals surface area contributed by atoms with E-state index < -0.39 is 17.8 Å². The molecule has 1 aromatic heterocycles. The highest BCUT2D eigenvalue weighted by Gasteiger charge is 2.30. The van der Waals surface area contributed by atoms with E-state index in [9.17, 15) is 23.1 Å². The number of aliphatic hydroxyl groups excluding tert-OH is 1. The van der Waals surface area contributed by atoms with Gasteiger partial charge in [0.2, 0.25) is 0 Å². The molecule has 0 aliphatic heterocycles. The van der Waals surface area contributed by atoms with Crippen LogP contribution in [0.1, 0.15) is 32.9 Å². The van der Waals surface area contributed by atoms with Gasteiger partial charge in [0.1, 0.15) is 18.5 Å². The van der Waals surface area contributed by atoms with Gasteiger partial charge in [0, 0.05) is 17.8 Å². The number of hydrogen-bond donors (Lipinski definition) is 2. The van der Waals surface area contributed by atoms with E-state index in [0.717, 1.165) is 29.1 Å². The largest absolute Gasteiger partial charge is 0.491 e. The molecule has 1 amide bonds. The molecular weight excluding hydrogens is 423 g/mol. The third-order valence-electron chi connectivity index (χ3n) is 4.75. The van der Waals surface area contributed by atoms with Crippen LogP contribution >= 0.6 is 0 Å². The van der Waals surface area contributed by atoms with Crippen LogP contribution in [-0.2, 0) is 12.7 Å². The smallest absolute Gasteiger partial charge is 0.416 e. The van der Waals surface area contributed by atoms with E-state index in [1.54, 1.807) is 18.2 Å². The number of alkyl halides is 3. The van der Waals surface area contributed by atoms with Crippen LogP contribution in [-0.4, -0.2) is 40.0 Å². The lowest BCUT2D eigenvalue weighted by Crippen LogP contribution is -2.35. The number of nitrogens with zero attached hydrogens (tertiary/aromatic N) is 2. The number of rotatable bonds is 8. The number of aryl methyl sites for hydroxylation is 2. The highest BCUT2D eigenvalue weighted by Crippen LogP contribution is 2.30. The quantitative estimate of drug-likeness (QED) is 0.552. The Kier molecular flexibility index (Phi) is 7.19. The molecule has 170 valence electrons. The van der Waals surface area contributed by atoms with Crippen molar-refractivity contribution in [2.75, 3.05) is 13.2 Å². The van der Waals surface area contributed by atoms with Crippen LogP contribution in [0.2, 0.25) is 0 Å². The Balaban J connectivity index is 1.49. The van der Waals surface area contributed by atoms with Gasteiger partial charge in [-0.1, -0.05) is 12.1 Å². The number of carbonyl (C=O) groups is 1. The van der Waals surface area contributed by atoms with Crippen molar-refractivity contribution in [3.8, 4) is 5.75 Å². The molecule has 0 saturated carbocycles. The minimum Gasteiger partial charge on any atom is -0.491 e. The third-order valence-corrected chi connectivity index (χ3v) is 4.75. The number of nitrogens with one attached hydrogen (secondary N) is 1. The normalized spacial score (nSPS) is 12.4. The molecule has 0 radical (unpaired) electrons. The molecule has 0 bridgehead atoms. The zero-order valence-electron chi connectivity index (χ0n) is 17.7. The lowest BCUT2D eigenvalue weighted by atomic mass is 10.1. The first-order chi connectivity index (χ1) is 15.1. The fourth-order valence-corrected chi connectivity index (χ4v) is 3.12. The summed E-state index contributed by atoms with van der Waals surface area (Å²) >= 11 is 0. The van der Waals surface area contributed by atoms with Gasteiger partial charge < -0.3 is 15.2 Å². The Bertz CT molecular complexity index is 1060. The molecule has 0 aliphatic carbocycles. The second kappa shape index (κ2) is 9.86. The Morgan fingerprint density at radius 1 is 1.16 bits per heavy atom. The minimum atomic E-state index is -4.42. The first-order valence-electron chi connectivity index (χ1n) is 9.98. The minimum absolute atomic E-state index is 0.0683. The molecular formula is C23H24F3N3O3. The van der Waals surface area contributed by atoms with Gasteiger partial charge in [-0.2, -0.15) is 18.3 Å². The van der Waals surface area contributed by atoms with Crippen molar-refractivity contribution in [2.24, 2.45) is 0 Å². The molecule has 1 unspecified atom stereocenters. The van der Waals surface area contributed by atoms with Crippen LogP contribution in [0.5, 0.6) is 5.75 Å². The summed E-state index contributed by atoms with van der Waals surface area (Å²) in [5, 5.41) is 17.1. The standard InChI is InChI=1S/C23H24F3N3O3/c1-15-10-16(2)29(28-15)13-17-4-3-5-18(11-17)22(31)27-12-20(30)14-32-21-8-6-19(7-9-21)23(24,25)26/h3-11,20,30H,12-14H2,1-2H3,(H,27,31). The summed E-state index contributed by atoms with van der Waals surface area (Å²) in [6.45, 7) is 4.17. The van der Waals surface area contributed by atoms with Crippen LogP contribution in [0, 0.1) is 13.8 Å². The van der Waals surface area contributed by atoms with Gasteiger partial charge >= 0.3 is 6.18 Å². The SMILES string of the molecule is Cc1cc(C)n(Cc2cccc(C(=O)NCC(O)COc3ccc(C(F)(F)F)cc3)c2)n1. The monoisotopic (exact) mass is 447 g/mol. The number of benzene rings is 2. The summed E-state index contributed by atoms with van der Waals surface area (Å²) in [5.41, 5.74) is 2.52. The van der Waals surface area contributed by atoms with Crippen molar-refractivity contribution < 1.29 is 27.8 Å². The van der Waals surface area contributed by atoms with Crippen molar-refractivity contribution in [3.63, 3.8) is 0 Å². The van der Waals surface area contributed by atoms with Crippen LogP contribution in [0.15, 0.2) is 54.6 Å². The Labute approximate surface area is 183 Å². The van der Waals surface area contributed by atoms with Crippen molar-refractivity contribution >= 4 is 5.91 Å². The molecule has 0 aliphatic rings. The number of ether oxygens (including phenoxy) is 1. The first kappa shape index (κ1) is 23.3. The van der Waals surface area contributed by atoms with Crippen LogP contribution in [0.25, 0.3) is 0 Å². The maximum atomic E-state index is 12.6. The van der Waals surface area contributed by atoms with E-state index in [2.05, 4.69) is 10.4 Å². The molecule has 0 spiro atoms. The van der Waals surface area contributed by atoms with Crippen molar-refractivity contribution in [1.82, 2.24) is 15.1 Å². The predicted molar refractivity (Wildman–Crippen MR) is 113 cm³/mol. The number of amides is 1. The Hall–Kier alpha value is -3.33. The van der Waals surface area contributed by atoms with Crippen LogP contribution < -0.4 is 10.1 Å². The zero-order chi connectivity index (χ0) is 23.3. The molecule has 6 nitrogen and oxygen atoms in total. The zero-order valence-corrected chi connectivity index (χ0v) is 17.7. The maximum absolute atomic E-state index is 12.6. The van der Waals surface area contributed by atoms with Crippen molar-refractivity contribution in [2.45, 2.75) is 32.7 Å². The van der Waals surface area contributed by atoms with Gasteiger partial charge in [-0.05, 0) is 61.9 Å². The molecule has 1 atom stereocenters. The second-order valence-corrected chi connectivity index (χ2v) is 7.48. The molecule has 9 heteroatoms. The Morgan fingerprint density at radius 3 is 2.50 bits per heavy atom. The molecule has 3 rings (SSSR count). The highest BCUT2D eigenvalue weighted by atomic mass is 19.4. The van der Waals surface area contributed by atoms with E-state index in [0.29, 0.717) is 12.1 Å². The number of aromatic nitrogens is 2. The van der Waals surface area contributed by atoms with Gasteiger partial charge in [-0.3, -0.25) is 9.48 Å². The topological polar surface area (TPSA) is 76.4 Å². The second-order valence-electron chi connectivity index (χ2n) is 7.48. The van der Waals surface area contributed by atoms with Crippen molar-refractivity contribution in [1.29, 1.82) is 0 Å². The summed E-state index contributed by atoms with van der Waals surface area (Å²) in [6, 6.07) is 13.3. The summed E-state index contributed by atoms with van der Waals surface area (Å²) in [7, 11) is 0. The summed E-state index contributed by atoms with van der Waals surface area (Å²) < 4.78 is 44.9. The number of hydrogen-bond acceptors (Lipinski definition) is 4. The summed E-state index contributed by atoms with van der Waals surface area (Å²) in [6.07, 6.45) is -5.45. The average Bonchev–Trinajstić information content (AvgIpc) is 3.06. The fraction of sp³-hybridized carbons (Fsp3) is 0.304. The summed E-state index contributed by atoms with van der Waals surface area (Å²) in [4.78, 5) is 12.4. The van der Waals surface area contributed by atoms with E-state index >= 15 is 0 Å². The van der Waals surface area contributed by atoms with Gasteiger partial charge in [0.25, 0.3) is 5.91 Å². The number of halogens is 3. The first-order valence-corrected chi connectivity index (χ1v) is 9.98. The molecule has 2 aromatic carbocycles. The van der Waals surface area contributed by atoms with Crippen LogP contribution in [0.4, 0.5) is 13.2 Å². The van der Waals surface area contributed by atoms with E-state index in [-0.39, 0.29) is 24.8 Å². The maximum Gasteiger partial charge on any atom is 0.416 e. The van der Waals surface area contributed by atoms with Gasteiger partial charge in [0.05, 0.1) is 17.8 Å². The molecule has 3 aromatic rings. The molecule has 32 heavy (non-hydrogen) atoms. The van der Waals surface area contributed by atoms with E-state index in [1.165, 1.54) is 12.1 Å². The third kappa shape index (κ3) is 6.34. The van der Waals surface area contributed by atoms with Gasteiger partial charge in [0.15, 0.2) is 0 Å². The average molecular weight is 447 g/mol. The summed E-state index contributed by atoms with van der Waals surface area (Å²) in [5.74, 6) is -0.158. The lowest BCUT2D eigenvalue weighted by Gasteiger charge is -2.14. The van der Waals surface area contributed by atoms with Gasteiger partial charge in [-0.25, -0.2) is 0 Å². The van der Waals surface area contributed by atoms with Crippen LogP contribution in [0.3, 0.4) is 0 Å². The van der Waals surface area contributed by atoms with E-state index in [1.807, 2.05) is 30.7 Å². The molecule has 0 fully saturated rings. The Morgan fingerprint density at radius 2 is 1.88 bits per heavy atom. The van der Waals surface area contributed by atoms with E-state index in [4.69, 9.17) is 4.74 Å². The highest BCUT2D eigenvalue weighted by molar-refractivity contribution is 5.94. The molecule has 0 saturated heterocycles.